The van der Waals surface area contributed by atoms with Gasteiger partial charge in [0, 0.05) is 30.2 Å². The van der Waals surface area contributed by atoms with Gasteiger partial charge in [0.15, 0.2) is 0 Å². The molecule has 0 atom stereocenters. The minimum absolute atomic E-state index is 0.714. The Balaban J connectivity index is 1.97. The van der Waals surface area contributed by atoms with Crippen LogP contribution in [0.25, 0.3) is 11.3 Å². The molecule has 0 bridgehead atoms. The van der Waals surface area contributed by atoms with Crippen LogP contribution in [0.4, 0.5) is 5.69 Å². The van der Waals surface area contributed by atoms with E-state index in [1.165, 1.54) is 11.1 Å². The Bertz CT molecular complexity index is 731. The number of pyridine rings is 1. The van der Waals surface area contributed by atoms with Crippen molar-refractivity contribution in [1.29, 1.82) is 0 Å². The van der Waals surface area contributed by atoms with Crippen molar-refractivity contribution in [1.82, 2.24) is 14.5 Å². The van der Waals surface area contributed by atoms with Gasteiger partial charge in [-0.15, -0.1) is 0 Å². The molecule has 0 aliphatic heterocycles. The number of aryl methyl sites for hydroxylation is 1. The predicted octanol–water partition coefficient (Wildman–Crippen LogP) is 2.88. The second-order valence-electron chi connectivity index (χ2n) is 4.86. The Labute approximate surface area is 117 Å². The molecule has 0 amide bonds. The number of imidazole rings is 1. The molecule has 0 spiro atoms. The third-order valence-corrected chi connectivity index (χ3v) is 3.28. The molecule has 0 radical (unpaired) electrons. The largest absolute Gasteiger partial charge is 0.398 e. The molecule has 4 nitrogen and oxygen atoms in total. The van der Waals surface area contributed by atoms with Crippen LogP contribution in [0.5, 0.6) is 0 Å². The number of benzene rings is 1. The number of hydrogen-bond donors (Lipinski definition) is 1. The van der Waals surface area contributed by atoms with Crippen molar-refractivity contribution in [2.45, 2.75) is 13.5 Å². The van der Waals surface area contributed by atoms with Crippen LogP contribution in [0.3, 0.4) is 0 Å². The van der Waals surface area contributed by atoms with Gasteiger partial charge in [0.2, 0.25) is 0 Å². The van der Waals surface area contributed by atoms with Gasteiger partial charge in [0.05, 0.1) is 18.2 Å². The lowest BCUT2D eigenvalue weighted by molar-refractivity contribution is 0.804. The molecule has 0 fully saturated rings. The second-order valence-corrected chi connectivity index (χ2v) is 4.86. The third-order valence-electron chi connectivity index (χ3n) is 3.28. The zero-order valence-corrected chi connectivity index (χ0v) is 11.3. The lowest BCUT2D eigenvalue weighted by Gasteiger charge is -2.10. The van der Waals surface area contributed by atoms with E-state index in [0.717, 1.165) is 17.8 Å². The molecule has 2 heterocycles. The lowest BCUT2D eigenvalue weighted by Crippen LogP contribution is -2.02. The van der Waals surface area contributed by atoms with Gasteiger partial charge in [-0.05, 0) is 18.6 Å². The predicted molar refractivity (Wildman–Crippen MR) is 80.2 cm³/mol. The molecule has 2 N–H and O–H groups in total. The van der Waals surface area contributed by atoms with Crippen LogP contribution in [-0.4, -0.2) is 14.5 Å². The van der Waals surface area contributed by atoms with Crippen molar-refractivity contribution in [3.05, 3.63) is 66.4 Å². The number of aromatic nitrogens is 3. The summed E-state index contributed by atoms with van der Waals surface area (Å²) < 4.78 is 2.09. The van der Waals surface area contributed by atoms with Crippen molar-refractivity contribution in [3.8, 4) is 11.3 Å². The van der Waals surface area contributed by atoms with Gasteiger partial charge >= 0.3 is 0 Å². The lowest BCUT2D eigenvalue weighted by atomic mass is 10.1. The molecule has 0 unspecified atom stereocenters. The quantitative estimate of drug-likeness (QED) is 0.791. The summed E-state index contributed by atoms with van der Waals surface area (Å²) in [6.45, 7) is 2.86. The van der Waals surface area contributed by atoms with Crippen molar-refractivity contribution >= 4 is 5.69 Å². The normalized spacial score (nSPS) is 10.7. The van der Waals surface area contributed by atoms with Crippen LogP contribution < -0.4 is 5.73 Å². The van der Waals surface area contributed by atoms with Crippen LogP contribution in [0.15, 0.2) is 55.2 Å². The molecule has 2 aromatic heterocycles. The molecule has 3 aromatic rings. The van der Waals surface area contributed by atoms with E-state index in [1.54, 1.807) is 18.5 Å². The number of nitrogen functional groups attached to an aromatic ring is 1. The molecule has 3 rings (SSSR count). The smallest absolute Gasteiger partial charge is 0.0954 e. The molecule has 0 aliphatic carbocycles. The standard InChI is InChI=1S/C16H16N4/c1-12-3-2-4-13(7-12)10-20-11-19-9-16(20)14-8-18-6-5-15(14)17/h2-9,11H,10H2,1H3,(H2,17,18). The highest BCUT2D eigenvalue weighted by Crippen LogP contribution is 2.24. The summed E-state index contributed by atoms with van der Waals surface area (Å²) in [6.07, 6.45) is 7.12. The van der Waals surface area contributed by atoms with E-state index in [2.05, 4.69) is 45.7 Å². The maximum absolute atomic E-state index is 6.02. The van der Waals surface area contributed by atoms with Crippen LogP contribution in [0, 0.1) is 6.92 Å². The fraction of sp³-hybridized carbons (Fsp3) is 0.125. The first kappa shape index (κ1) is 12.4. The molecule has 0 saturated heterocycles. The minimum atomic E-state index is 0.714. The summed E-state index contributed by atoms with van der Waals surface area (Å²) in [5, 5.41) is 0. The summed E-state index contributed by atoms with van der Waals surface area (Å²) in [6, 6.07) is 10.3. The Morgan fingerprint density at radius 2 is 2.05 bits per heavy atom. The molecular weight excluding hydrogens is 248 g/mol. The highest BCUT2D eigenvalue weighted by molar-refractivity contribution is 5.72. The summed E-state index contributed by atoms with van der Waals surface area (Å²) in [7, 11) is 0. The van der Waals surface area contributed by atoms with E-state index in [1.807, 2.05) is 12.5 Å². The molecule has 1 aromatic carbocycles. The van der Waals surface area contributed by atoms with Crippen LogP contribution >= 0.6 is 0 Å². The Kier molecular flexibility index (Phi) is 3.21. The Hall–Kier alpha value is -2.62. The van der Waals surface area contributed by atoms with E-state index in [-0.39, 0.29) is 0 Å². The van der Waals surface area contributed by atoms with E-state index < -0.39 is 0 Å². The van der Waals surface area contributed by atoms with Crippen molar-refractivity contribution in [2.75, 3.05) is 5.73 Å². The van der Waals surface area contributed by atoms with Gasteiger partial charge in [-0.25, -0.2) is 4.98 Å². The summed E-state index contributed by atoms with van der Waals surface area (Å²) in [4.78, 5) is 8.38. The average molecular weight is 264 g/mol. The number of rotatable bonds is 3. The second kappa shape index (κ2) is 5.17. The fourth-order valence-corrected chi connectivity index (χ4v) is 2.30. The average Bonchev–Trinajstić information content (AvgIpc) is 2.87. The zero-order valence-electron chi connectivity index (χ0n) is 11.3. The molecule has 0 aliphatic rings. The third kappa shape index (κ3) is 2.40. The molecule has 4 heteroatoms. The van der Waals surface area contributed by atoms with Crippen molar-refractivity contribution < 1.29 is 0 Å². The first-order chi connectivity index (χ1) is 9.74. The number of hydrogen-bond acceptors (Lipinski definition) is 3. The maximum Gasteiger partial charge on any atom is 0.0954 e. The zero-order chi connectivity index (χ0) is 13.9. The van der Waals surface area contributed by atoms with E-state index in [9.17, 15) is 0 Å². The first-order valence-electron chi connectivity index (χ1n) is 6.49. The SMILES string of the molecule is Cc1cccc(Cn2cncc2-c2cnccc2N)c1. The van der Waals surface area contributed by atoms with Gasteiger partial charge in [0.25, 0.3) is 0 Å². The summed E-state index contributed by atoms with van der Waals surface area (Å²) in [5.41, 5.74) is 11.1. The highest BCUT2D eigenvalue weighted by Gasteiger charge is 2.08. The first-order valence-corrected chi connectivity index (χ1v) is 6.49. The van der Waals surface area contributed by atoms with Gasteiger partial charge in [-0.3, -0.25) is 4.98 Å². The van der Waals surface area contributed by atoms with Crippen LogP contribution in [0.2, 0.25) is 0 Å². The minimum Gasteiger partial charge on any atom is -0.398 e. The highest BCUT2D eigenvalue weighted by atomic mass is 15.0. The monoisotopic (exact) mass is 264 g/mol. The Morgan fingerprint density at radius 3 is 2.85 bits per heavy atom. The van der Waals surface area contributed by atoms with Crippen molar-refractivity contribution in [2.24, 2.45) is 0 Å². The summed E-state index contributed by atoms with van der Waals surface area (Å²) in [5.74, 6) is 0. The topological polar surface area (TPSA) is 56.7 Å². The van der Waals surface area contributed by atoms with Crippen molar-refractivity contribution in [3.63, 3.8) is 0 Å². The molecule has 20 heavy (non-hydrogen) atoms. The maximum atomic E-state index is 6.02. The van der Waals surface area contributed by atoms with Crippen LogP contribution in [-0.2, 0) is 6.54 Å². The van der Waals surface area contributed by atoms with E-state index in [4.69, 9.17) is 5.73 Å². The number of anilines is 1. The molecule has 100 valence electrons. The van der Waals surface area contributed by atoms with Gasteiger partial charge in [0.1, 0.15) is 0 Å². The molecular formula is C16H16N4. The van der Waals surface area contributed by atoms with E-state index in [0.29, 0.717) is 5.69 Å². The summed E-state index contributed by atoms with van der Waals surface area (Å²) >= 11 is 0. The van der Waals surface area contributed by atoms with E-state index >= 15 is 0 Å². The van der Waals surface area contributed by atoms with Gasteiger partial charge in [-0.2, -0.15) is 0 Å². The van der Waals surface area contributed by atoms with Gasteiger partial charge in [-0.1, -0.05) is 29.8 Å². The molecule has 0 saturated carbocycles. The number of nitrogens with two attached hydrogens (primary N) is 1. The number of nitrogens with zero attached hydrogens (tertiary/aromatic N) is 3. The van der Waals surface area contributed by atoms with Gasteiger partial charge < -0.3 is 10.3 Å². The fourth-order valence-electron chi connectivity index (χ4n) is 2.30. The van der Waals surface area contributed by atoms with Crippen LogP contribution in [0.1, 0.15) is 11.1 Å². The Morgan fingerprint density at radius 1 is 1.15 bits per heavy atom.